The van der Waals surface area contributed by atoms with Crippen LogP contribution >= 0.6 is 0 Å². The minimum atomic E-state index is -0.236. The number of aryl methyl sites for hydroxylation is 1. The van der Waals surface area contributed by atoms with Crippen molar-refractivity contribution in [2.24, 2.45) is 0 Å². The smallest absolute Gasteiger partial charge is 0.347 e. The number of H-pyrrole nitrogens is 1. The number of nitrogens with zero attached hydrogens (tertiary/aromatic N) is 5. The lowest BCUT2D eigenvalue weighted by molar-refractivity contribution is 0.482. The molecule has 1 atom stereocenters. The predicted octanol–water partition coefficient (Wildman–Crippen LogP) is 2.52. The number of rotatable bonds is 3. The number of hydrogen-bond donors (Lipinski definition) is 1. The number of para-hydroxylation sites is 1. The van der Waals surface area contributed by atoms with Crippen molar-refractivity contribution in [3.63, 3.8) is 0 Å². The monoisotopic (exact) mass is 360 g/mol. The maximum Gasteiger partial charge on any atom is 0.347 e. The molecule has 0 unspecified atom stereocenters. The fourth-order valence-electron chi connectivity index (χ4n) is 3.66. The highest BCUT2D eigenvalue weighted by Crippen LogP contribution is 2.30. The van der Waals surface area contributed by atoms with Gasteiger partial charge in [0.05, 0.1) is 11.3 Å². The topological polar surface area (TPSA) is 90.6 Å². The number of aromatic nitrogens is 4. The molecule has 7 heteroatoms. The maximum atomic E-state index is 12.4. The SMILES string of the molecule is Cc1ccc(C#N)c(N2CCC[C@H](c3n[nH]c(=O)n3-c3ccccc3)C2)n1. The van der Waals surface area contributed by atoms with Crippen LogP contribution in [0.1, 0.15) is 35.8 Å². The average Bonchev–Trinajstić information content (AvgIpc) is 3.10. The van der Waals surface area contributed by atoms with Gasteiger partial charge >= 0.3 is 5.69 Å². The first-order valence-corrected chi connectivity index (χ1v) is 9.03. The highest BCUT2D eigenvalue weighted by Gasteiger charge is 2.28. The highest BCUT2D eigenvalue weighted by molar-refractivity contribution is 5.55. The van der Waals surface area contributed by atoms with Gasteiger partial charge in [-0.1, -0.05) is 18.2 Å². The van der Waals surface area contributed by atoms with Crippen LogP contribution < -0.4 is 10.6 Å². The number of nitriles is 1. The summed E-state index contributed by atoms with van der Waals surface area (Å²) in [6, 6.07) is 15.4. The summed E-state index contributed by atoms with van der Waals surface area (Å²) in [6.07, 6.45) is 1.88. The first-order chi connectivity index (χ1) is 13.2. The van der Waals surface area contributed by atoms with Crippen molar-refractivity contribution >= 4 is 5.82 Å². The Kier molecular flexibility index (Phi) is 4.47. The van der Waals surface area contributed by atoms with E-state index in [1.807, 2.05) is 49.4 Å². The summed E-state index contributed by atoms with van der Waals surface area (Å²) in [5.41, 5.74) is 2.02. The van der Waals surface area contributed by atoms with E-state index in [0.29, 0.717) is 17.9 Å². The van der Waals surface area contributed by atoms with Crippen LogP contribution in [0.25, 0.3) is 5.69 Å². The highest BCUT2D eigenvalue weighted by atomic mass is 16.1. The van der Waals surface area contributed by atoms with Crippen LogP contribution in [-0.4, -0.2) is 32.8 Å². The zero-order valence-corrected chi connectivity index (χ0v) is 15.1. The standard InChI is InChI=1S/C20H20N6O/c1-14-9-10-15(12-21)18(22-14)25-11-5-6-16(13-25)19-23-24-20(27)26(19)17-7-3-2-4-8-17/h2-4,7-10,16H,5-6,11,13H2,1H3,(H,24,27)/t16-/m0/s1. The molecule has 0 radical (unpaired) electrons. The van der Waals surface area contributed by atoms with Crippen molar-refractivity contribution in [3.8, 4) is 11.8 Å². The third-order valence-corrected chi connectivity index (χ3v) is 4.93. The number of piperidine rings is 1. The van der Waals surface area contributed by atoms with Crippen LogP contribution in [0.2, 0.25) is 0 Å². The second-order valence-corrected chi connectivity index (χ2v) is 6.78. The molecule has 0 amide bonds. The molecule has 1 N–H and O–H groups in total. The zero-order chi connectivity index (χ0) is 18.8. The zero-order valence-electron chi connectivity index (χ0n) is 15.1. The van der Waals surface area contributed by atoms with Crippen LogP contribution in [0.4, 0.5) is 5.82 Å². The molecule has 27 heavy (non-hydrogen) atoms. The van der Waals surface area contributed by atoms with Gasteiger partial charge in [0.25, 0.3) is 0 Å². The van der Waals surface area contributed by atoms with Gasteiger partial charge in [-0.15, -0.1) is 0 Å². The van der Waals surface area contributed by atoms with E-state index in [1.54, 1.807) is 4.57 Å². The van der Waals surface area contributed by atoms with Gasteiger partial charge in [0.1, 0.15) is 17.7 Å². The largest absolute Gasteiger partial charge is 0.355 e. The van der Waals surface area contributed by atoms with Crippen LogP contribution in [0.5, 0.6) is 0 Å². The normalized spacial score (nSPS) is 16.9. The molecular formula is C20H20N6O. The number of nitrogens with one attached hydrogen (secondary N) is 1. The Morgan fingerprint density at radius 3 is 2.81 bits per heavy atom. The Balaban J connectivity index is 1.69. The lowest BCUT2D eigenvalue weighted by Crippen LogP contribution is -2.37. The summed E-state index contributed by atoms with van der Waals surface area (Å²) < 4.78 is 1.64. The Labute approximate surface area is 156 Å². The molecule has 7 nitrogen and oxygen atoms in total. The number of pyridine rings is 1. The van der Waals surface area contributed by atoms with Crippen LogP contribution in [0, 0.1) is 18.3 Å². The van der Waals surface area contributed by atoms with Gasteiger partial charge in [0.2, 0.25) is 0 Å². The van der Waals surface area contributed by atoms with Gasteiger partial charge in [-0.05, 0) is 44.0 Å². The summed E-state index contributed by atoms with van der Waals surface area (Å²) in [5, 5.41) is 16.3. The van der Waals surface area contributed by atoms with Crippen LogP contribution in [0.15, 0.2) is 47.3 Å². The Hall–Kier alpha value is -3.40. The Morgan fingerprint density at radius 1 is 1.22 bits per heavy atom. The predicted molar refractivity (Wildman–Crippen MR) is 102 cm³/mol. The van der Waals surface area contributed by atoms with E-state index in [-0.39, 0.29) is 11.6 Å². The van der Waals surface area contributed by atoms with Crippen molar-refractivity contribution in [2.75, 3.05) is 18.0 Å². The lowest BCUT2D eigenvalue weighted by atomic mass is 9.96. The van der Waals surface area contributed by atoms with Gasteiger partial charge < -0.3 is 4.90 Å². The molecule has 2 aromatic heterocycles. The van der Waals surface area contributed by atoms with Gasteiger partial charge in [-0.25, -0.2) is 19.4 Å². The molecule has 0 saturated carbocycles. The average molecular weight is 360 g/mol. The van der Waals surface area contributed by atoms with E-state index < -0.39 is 0 Å². The third kappa shape index (κ3) is 3.22. The van der Waals surface area contributed by atoms with E-state index >= 15 is 0 Å². The summed E-state index contributed by atoms with van der Waals surface area (Å²) in [4.78, 5) is 19.1. The summed E-state index contributed by atoms with van der Waals surface area (Å²) in [7, 11) is 0. The van der Waals surface area contributed by atoms with E-state index in [9.17, 15) is 10.1 Å². The van der Waals surface area contributed by atoms with Gasteiger partial charge in [0.15, 0.2) is 0 Å². The molecule has 0 bridgehead atoms. The first-order valence-electron chi connectivity index (χ1n) is 9.03. The van der Waals surface area contributed by atoms with Crippen LogP contribution in [0.3, 0.4) is 0 Å². The molecule has 4 rings (SSSR count). The van der Waals surface area contributed by atoms with E-state index in [2.05, 4.69) is 26.2 Å². The first kappa shape index (κ1) is 17.0. The fraction of sp³-hybridized carbons (Fsp3) is 0.300. The molecule has 1 aromatic carbocycles. The molecule has 0 spiro atoms. The fourth-order valence-corrected chi connectivity index (χ4v) is 3.66. The number of benzene rings is 1. The molecule has 1 saturated heterocycles. The van der Waals surface area contributed by atoms with Gasteiger partial charge in [-0.2, -0.15) is 10.4 Å². The van der Waals surface area contributed by atoms with E-state index in [0.717, 1.165) is 36.6 Å². The van der Waals surface area contributed by atoms with Crippen molar-refractivity contribution in [3.05, 3.63) is 70.0 Å². The Bertz CT molecular complexity index is 1050. The quantitative estimate of drug-likeness (QED) is 0.775. The molecule has 3 aromatic rings. The number of aromatic amines is 1. The van der Waals surface area contributed by atoms with Crippen molar-refractivity contribution < 1.29 is 0 Å². The molecular weight excluding hydrogens is 340 g/mol. The van der Waals surface area contributed by atoms with E-state index in [1.165, 1.54) is 0 Å². The van der Waals surface area contributed by atoms with Crippen molar-refractivity contribution in [1.29, 1.82) is 5.26 Å². The molecule has 136 valence electrons. The summed E-state index contributed by atoms with van der Waals surface area (Å²) in [5.74, 6) is 1.51. The van der Waals surface area contributed by atoms with Crippen LogP contribution in [-0.2, 0) is 0 Å². The number of anilines is 1. The molecule has 1 fully saturated rings. The number of hydrogen-bond acceptors (Lipinski definition) is 5. The summed E-state index contributed by atoms with van der Waals surface area (Å²) >= 11 is 0. The minimum Gasteiger partial charge on any atom is -0.355 e. The second-order valence-electron chi connectivity index (χ2n) is 6.78. The molecule has 1 aliphatic heterocycles. The van der Waals surface area contributed by atoms with Gasteiger partial charge in [0, 0.05) is 24.7 Å². The van der Waals surface area contributed by atoms with E-state index in [4.69, 9.17) is 0 Å². The second kappa shape index (κ2) is 7.08. The van der Waals surface area contributed by atoms with Crippen molar-refractivity contribution in [1.82, 2.24) is 19.7 Å². The lowest BCUT2D eigenvalue weighted by Gasteiger charge is -2.33. The summed E-state index contributed by atoms with van der Waals surface area (Å²) in [6.45, 7) is 3.43. The molecule has 1 aliphatic rings. The molecule has 3 heterocycles. The Morgan fingerprint density at radius 2 is 2.04 bits per heavy atom. The molecule has 0 aliphatic carbocycles. The minimum absolute atomic E-state index is 0.0757. The third-order valence-electron chi connectivity index (χ3n) is 4.93. The van der Waals surface area contributed by atoms with Gasteiger partial charge in [-0.3, -0.25) is 0 Å². The maximum absolute atomic E-state index is 12.4. The van der Waals surface area contributed by atoms with Crippen molar-refractivity contribution in [2.45, 2.75) is 25.7 Å².